The lowest BCUT2D eigenvalue weighted by Crippen LogP contribution is -2.51. The second-order valence-electron chi connectivity index (χ2n) is 8.17. The predicted octanol–water partition coefficient (Wildman–Crippen LogP) is 3.89. The first-order valence-corrected chi connectivity index (χ1v) is 13.2. The highest BCUT2D eigenvalue weighted by Gasteiger charge is 2.30. The third-order valence-corrected chi connectivity index (χ3v) is 6.73. The molecular weight excluding hydrogens is 481 g/mol. The predicted molar refractivity (Wildman–Crippen MR) is 133 cm³/mol. The largest absolute Gasteiger partial charge is 0.354 e. The monoisotopic (exact) mass is 511 g/mol. The van der Waals surface area contributed by atoms with Crippen LogP contribution < -0.4 is 9.62 Å². The lowest BCUT2D eigenvalue weighted by Gasteiger charge is -2.32. The molecule has 0 unspecified atom stereocenters. The van der Waals surface area contributed by atoms with E-state index in [0.717, 1.165) is 23.4 Å². The van der Waals surface area contributed by atoms with Crippen molar-refractivity contribution in [2.45, 2.75) is 46.2 Å². The van der Waals surface area contributed by atoms with E-state index in [4.69, 9.17) is 11.6 Å². The number of benzene rings is 2. The van der Waals surface area contributed by atoms with Gasteiger partial charge in [-0.05, 0) is 61.7 Å². The van der Waals surface area contributed by atoms with E-state index in [1.54, 1.807) is 26.0 Å². The van der Waals surface area contributed by atoms with Gasteiger partial charge < -0.3 is 10.2 Å². The quantitative estimate of drug-likeness (QED) is 0.464. The van der Waals surface area contributed by atoms with Crippen molar-refractivity contribution < 1.29 is 22.4 Å². The number of carbonyl (C=O) groups is 2. The van der Waals surface area contributed by atoms with Crippen LogP contribution in [0.3, 0.4) is 0 Å². The van der Waals surface area contributed by atoms with Gasteiger partial charge in [-0.2, -0.15) is 0 Å². The molecule has 0 aliphatic carbocycles. The molecule has 0 aliphatic heterocycles. The van der Waals surface area contributed by atoms with Gasteiger partial charge in [-0.15, -0.1) is 0 Å². The average Bonchev–Trinajstić information content (AvgIpc) is 2.76. The van der Waals surface area contributed by atoms with Crippen molar-refractivity contribution in [3.63, 3.8) is 0 Å². The topological polar surface area (TPSA) is 86.8 Å². The Hall–Kier alpha value is -2.65. The fourth-order valence-corrected chi connectivity index (χ4v) is 4.53. The van der Waals surface area contributed by atoms with Crippen molar-refractivity contribution in [3.8, 4) is 0 Å². The molecule has 0 fully saturated rings. The molecular formula is C24H31ClFN3O4S. The van der Waals surface area contributed by atoms with Crippen LogP contribution in [0.1, 0.15) is 37.8 Å². The maximum Gasteiger partial charge on any atom is 0.244 e. The molecule has 0 aromatic heterocycles. The van der Waals surface area contributed by atoms with E-state index in [0.29, 0.717) is 28.4 Å². The number of hydrogen-bond donors (Lipinski definition) is 1. The van der Waals surface area contributed by atoms with Crippen molar-refractivity contribution in [3.05, 3.63) is 64.4 Å². The van der Waals surface area contributed by atoms with Gasteiger partial charge in [0.15, 0.2) is 0 Å². The van der Waals surface area contributed by atoms with Gasteiger partial charge in [-0.3, -0.25) is 13.9 Å². The van der Waals surface area contributed by atoms with Crippen LogP contribution in [0.2, 0.25) is 5.02 Å². The number of aryl methyl sites for hydroxylation is 1. The van der Waals surface area contributed by atoms with E-state index < -0.39 is 34.3 Å². The second kappa shape index (κ2) is 12.2. The van der Waals surface area contributed by atoms with E-state index in [2.05, 4.69) is 5.32 Å². The van der Waals surface area contributed by atoms with Crippen LogP contribution in [0.25, 0.3) is 0 Å². The van der Waals surface area contributed by atoms with Crippen molar-refractivity contribution >= 4 is 39.1 Å². The number of rotatable bonds is 11. The Bertz CT molecular complexity index is 1110. The summed E-state index contributed by atoms with van der Waals surface area (Å²) in [5, 5.41) is 3.25. The van der Waals surface area contributed by atoms with Gasteiger partial charge in [0.2, 0.25) is 21.8 Å². The van der Waals surface area contributed by atoms with E-state index in [1.807, 2.05) is 6.92 Å². The lowest BCUT2D eigenvalue weighted by molar-refractivity contribution is -0.139. The van der Waals surface area contributed by atoms with Crippen molar-refractivity contribution in [2.24, 2.45) is 0 Å². The van der Waals surface area contributed by atoms with Gasteiger partial charge in [-0.25, -0.2) is 12.8 Å². The molecule has 186 valence electrons. The zero-order valence-electron chi connectivity index (χ0n) is 19.8. The molecule has 2 aromatic carbocycles. The molecule has 7 nitrogen and oxygen atoms in total. The summed E-state index contributed by atoms with van der Waals surface area (Å²) in [5.41, 5.74) is 1.51. The third kappa shape index (κ3) is 7.70. The molecule has 2 rings (SSSR count). The molecule has 1 atom stereocenters. The number of nitrogens with zero attached hydrogens (tertiary/aromatic N) is 2. The minimum absolute atomic E-state index is 0.0126. The molecule has 0 saturated carbocycles. The fraction of sp³-hybridized carbons (Fsp3) is 0.417. The average molecular weight is 512 g/mol. The number of anilines is 1. The van der Waals surface area contributed by atoms with Crippen LogP contribution in [0.5, 0.6) is 0 Å². The maximum atomic E-state index is 13.4. The SMILES string of the molecule is CCCCNC(=O)[C@@H](C)N(Cc1ccc(F)cc1)C(=O)CN(c1ccc(Cl)cc1C)S(C)(=O)=O. The first-order valence-electron chi connectivity index (χ1n) is 11.0. The van der Waals surface area contributed by atoms with E-state index in [9.17, 15) is 22.4 Å². The molecule has 10 heteroatoms. The second-order valence-corrected chi connectivity index (χ2v) is 10.5. The van der Waals surface area contributed by atoms with Gasteiger partial charge in [0.1, 0.15) is 18.4 Å². The Morgan fingerprint density at radius 1 is 1.15 bits per heavy atom. The first kappa shape index (κ1) is 27.6. The summed E-state index contributed by atoms with van der Waals surface area (Å²) in [7, 11) is -3.83. The van der Waals surface area contributed by atoms with Crippen molar-refractivity contribution in [1.29, 1.82) is 0 Å². The van der Waals surface area contributed by atoms with E-state index in [1.165, 1.54) is 35.2 Å². The number of halogens is 2. The van der Waals surface area contributed by atoms with Crippen molar-refractivity contribution in [1.82, 2.24) is 10.2 Å². The molecule has 1 N–H and O–H groups in total. The van der Waals surface area contributed by atoms with Gasteiger partial charge in [0, 0.05) is 18.1 Å². The number of amides is 2. The summed E-state index contributed by atoms with van der Waals surface area (Å²) in [6.45, 7) is 5.26. The highest BCUT2D eigenvalue weighted by molar-refractivity contribution is 7.92. The standard InChI is InChI=1S/C24H31ClFN3O4S/c1-5-6-13-27-24(31)18(3)28(15-19-7-10-21(26)11-8-19)23(30)16-29(34(4,32)33)22-12-9-20(25)14-17(22)2/h7-12,14,18H,5-6,13,15-16H2,1-4H3,(H,27,31)/t18-/m1/s1. The minimum Gasteiger partial charge on any atom is -0.354 e. The summed E-state index contributed by atoms with van der Waals surface area (Å²) in [6, 6.07) is 9.41. The maximum absolute atomic E-state index is 13.4. The Morgan fingerprint density at radius 2 is 1.79 bits per heavy atom. The van der Waals surface area contributed by atoms with E-state index >= 15 is 0 Å². The fourth-order valence-electron chi connectivity index (χ4n) is 3.40. The number of sulfonamides is 1. The van der Waals surface area contributed by atoms with Crippen LogP contribution in [0, 0.1) is 12.7 Å². The molecule has 0 aliphatic rings. The van der Waals surface area contributed by atoms with Gasteiger partial charge in [-0.1, -0.05) is 37.1 Å². The highest BCUT2D eigenvalue weighted by Crippen LogP contribution is 2.26. The van der Waals surface area contributed by atoms with Crippen LogP contribution in [0.15, 0.2) is 42.5 Å². The molecule has 0 spiro atoms. The third-order valence-electron chi connectivity index (χ3n) is 5.37. The first-order chi connectivity index (χ1) is 15.9. The summed E-state index contributed by atoms with van der Waals surface area (Å²) < 4.78 is 39.6. The normalized spacial score (nSPS) is 12.2. The molecule has 34 heavy (non-hydrogen) atoms. The summed E-state index contributed by atoms with van der Waals surface area (Å²) in [4.78, 5) is 27.5. The summed E-state index contributed by atoms with van der Waals surface area (Å²) in [6.07, 6.45) is 2.71. The molecule has 2 aromatic rings. The Morgan fingerprint density at radius 3 is 2.35 bits per heavy atom. The Balaban J connectivity index is 2.37. The molecule has 0 radical (unpaired) electrons. The van der Waals surface area contributed by atoms with Crippen LogP contribution in [-0.2, 0) is 26.2 Å². The number of hydrogen-bond acceptors (Lipinski definition) is 4. The lowest BCUT2D eigenvalue weighted by atomic mass is 10.1. The molecule has 0 bridgehead atoms. The number of nitrogens with one attached hydrogen (secondary N) is 1. The molecule has 0 saturated heterocycles. The number of carbonyl (C=O) groups excluding carboxylic acids is 2. The Labute approximate surface area is 205 Å². The van der Waals surface area contributed by atoms with E-state index in [-0.39, 0.29) is 12.5 Å². The van der Waals surface area contributed by atoms with Gasteiger partial charge in [0.25, 0.3) is 0 Å². The Kier molecular flexibility index (Phi) is 9.88. The van der Waals surface area contributed by atoms with Gasteiger partial charge >= 0.3 is 0 Å². The highest BCUT2D eigenvalue weighted by atomic mass is 35.5. The van der Waals surface area contributed by atoms with Gasteiger partial charge in [0.05, 0.1) is 11.9 Å². The molecule has 0 heterocycles. The number of unbranched alkanes of at least 4 members (excludes halogenated alkanes) is 1. The summed E-state index contributed by atoms with van der Waals surface area (Å²) >= 11 is 6.01. The van der Waals surface area contributed by atoms with Crippen LogP contribution >= 0.6 is 11.6 Å². The summed E-state index contributed by atoms with van der Waals surface area (Å²) in [5.74, 6) is -1.34. The van der Waals surface area contributed by atoms with Crippen LogP contribution in [-0.4, -0.2) is 50.5 Å². The zero-order valence-corrected chi connectivity index (χ0v) is 21.4. The minimum atomic E-state index is -3.83. The van der Waals surface area contributed by atoms with Crippen LogP contribution in [0.4, 0.5) is 10.1 Å². The van der Waals surface area contributed by atoms with Crippen molar-refractivity contribution in [2.75, 3.05) is 23.7 Å². The smallest absolute Gasteiger partial charge is 0.244 e. The molecule has 2 amide bonds. The zero-order chi connectivity index (χ0) is 25.5.